The van der Waals surface area contributed by atoms with Gasteiger partial charge in [0.05, 0.1) is 27.7 Å². The van der Waals surface area contributed by atoms with Gasteiger partial charge < -0.3 is 15.1 Å². The van der Waals surface area contributed by atoms with Gasteiger partial charge in [0, 0.05) is 17.1 Å². The lowest BCUT2D eigenvalue weighted by Crippen LogP contribution is -2.16. The first-order valence-corrected chi connectivity index (χ1v) is 10.6. The quantitative estimate of drug-likeness (QED) is 0.366. The lowest BCUT2D eigenvalue weighted by Gasteiger charge is -2.09. The number of furan rings is 1. The van der Waals surface area contributed by atoms with E-state index in [0.717, 1.165) is 16.5 Å². The summed E-state index contributed by atoms with van der Waals surface area (Å²) in [6.07, 6.45) is 1.73. The Morgan fingerprint density at radius 2 is 1.69 bits per heavy atom. The highest BCUT2D eigenvalue weighted by molar-refractivity contribution is 6.40. The number of rotatable bonds is 5. The Bertz CT molecular complexity index is 1330. The maximum atomic E-state index is 12.8. The fourth-order valence-electron chi connectivity index (χ4n) is 3.46. The molecular weight excluding hydrogens is 449 g/mol. The molecule has 4 rings (SSSR count). The molecule has 2 heterocycles. The molecule has 0 atom stereocenters. The van der Waals surface area contributed by atoms with Crippen LogP contribution in [0.3, 0.4) is 0 Å². The Kier molecular flexibility index (Phi) is 6.17. The van der Waals surface area contributed by atoms with Crippen molar-refractivity contribution in [3.05, 3.63) is 87.2 Å². The summed E-state index contributed by atoms with van der Waals surface area (Å²) < 4.78 is 5.93. The zero-order valence-electron chi connectivity index (χ0n) is 17.3. The van der Waals surface area contributed by atoms with Crippen LogP contribution in [-0.2, 0) is 11.2 Å². The highest BCUT2D eigenvalue weighted by Crippen LogP contribution is 2.33. The molecule has 162 valence electrons. The van der Waals surface area contributed by atoms with Gasteiger partial charge in [-0.25, -0.2) is 4.98 Å². The van der Waals surface area contributed by atoms with Gasteiger partial charge in [-0.1, -0.05) is 47.5 Å². The van der Waals surface area contributed by atoms with E-state index < -0.39 is 5.91 Å². The van der Waals surface area contributed by atoms with Gasteiger partial charge in [0.15, 0.2) is 5.58 Å². The number of benzene rings is 2. The van der Waals surface area contributed by atoms with Crippen LogP contribution in [0.25, 0.3) is 11.0 Å². The first-order valence-electron chi connectivity index (χ1n) is 9.83. The molecule has 0 bridgehead atoms. The monoisotopic (exact) mass is 467 g/mol. The van der Waals surface area contributed by atoms with Crippen molar-refractivity contribution in [3.63, 3.8) is 0 Å². The third-order valence-electron chi connectivity index (χ3n) is 5.06. The molecule has 2 amide bonds. The average molecular weight is 468 g/mol. The van der Waals surface area contributed by atoms with Crippen molar-refractivity contribution in [1.29, 1.82) is 0 Å². The zero-order chi connectivity index (χ0) is 22.8. The van der Waals surface area contributed by atoms with E-state index in [1.54, 1.807) is 43.5 Å². The maximum Gasteiger partial charge on any atom is 0.258 e. The minimum atomic E-state index is -0.452. The van der Waals surface area contributed by atoms with Gasteiger partial charge in [-0.2, -0.15) is 0 Å². The molecule has 0 aliphatic carbocycles. The fourth-order valence-corrected chi connectivity index (χ4v) is 4.03. The van der Waals surface area contributed by atoms with Crippen LogP contribution in [0.1, 0.15) is 27.2 Å². The molecule has 0 spiro atoms. The largest absolute Gasteiger partial charge is 0.459 e. The highest BCUT2D eigenvalue weighted by Gasteiger charge is 2.20. The summed E-state index contributed by atoms with van der Waals surface area (Å²) in [5, 5.41) is 6.88. The molecule has 0 saturated heterocycles. The molecule has 0 aliphatic heterocycles. The van der Waals surface area contributed by atoms with Crippen LogP contribution in [-0.4, -0.2) is 16.8 Å². The Morgan fingerprint density at radius 1 is 0.969 bits per heavy atom. The second-order valence-corrected chi connectivity index (χ2v) is 8.08. The summed E-state index contributed by atoms with van der Waals surface area (Å²) in [7, 11) is 0. The van der Waals surface area contributed by atoms with Crippen LogP contribution in [0, 0.1) is 13.8 Å². The predicted molar refractivity (Wildman–Crippen MR) is 127 cm³/mol. The molecule has 0 fully saturated rings. The van der Waals surface area contributed by atoms with E-state index in [1.807, 2.05) is 25.1 Å². The number of nitrogens with zero attached hydrogens (tertiary/aromatic N) is 1. The summed E-state index contributed by atoms with van der Waals surface area (Å²) in [6, 6.07) is 13.9. The average Bonchev–Trinajstić information content (AvgIpc) is 3.06. The van der Waals surface area contributed by atoms with Gasteiger partial charge in [0.1, 0.15) is 11.6 Å². The number of carbonyl (C=O) groups excluding carboxylic acids is 2. The van der Waals surface area contributed by atoms with Crippen molar-refractivity contribution in [1.82, 2.24) is 4.98 Å². The van der Waals surface area contributed by atoms with Crippen LogP contribution in [0.4, 0.5) is 11.5 Å². The first kappa shape index (κ1) is 21.9. The molecule has 0 radical (unpaired) electrons. The zero-order valence-corrected chi connectivity index (χ0v) is 18.8. The van der Waals surface area contributed by atoms with E-state index in [0.29, 0.717) is 22.8 Å². The number of amides is 2. The Hall–Kier alpha value is -3.35. The lowest BCUT2D eigenvalue weighted by atomic mass is 10.1. The van der Waals surface area contributed by atoms with Gasteiger partial charge >= 0.3 is 0 Å². The third kappa shape index (κ3) is 4.33. The van der Waals surface area contributed by atoms with Crippen LogP contribution >= 0.6 is 23.2 Å². The highest BCUT2D eigenvalue weighted by atomic mass is 35.5. The van der Waals surface area contributed by atoms with Gasteiger partial charge in [-0.15, -0.1) is 0 Å². The third-order valence-corrected chi connectivity index (χ3v) is 5.69. The van der Waals surface area contributed by atoms with Crippen LogP contribution in [0.2, 0.25) is 10.0 Å². The van der Waals surface area contributed by atoms with Gasteiger partial charge in [-0.05, 0) is 43.7 Å². The molecule has 2 aromatic heterocycles. The summed E-state index contributed by atoms with van der Waals surface area (Å²) in [5.41, 5.74) is 2.72. The number of anilines is 2. The molecule has 0 aliphatic rings. The van der Waals surface area contributed by atoms with E-state index in [-0.39, 0.29) is 27.9 Å². The summed E-state index contributed by atoms with van der Waals surface area (Å²) >= 11 is 12.3. The van der Waals surface area contributed by atoms with Gasteiger partial charge in [0.25, 0.3) is 5.91 Å². The summed E-state index contributed by atoms with van der Waals surface area (Å²) in [4.78, 5) is 29.7. The van der Waals surface area contributed by atoms with E-state index in [4.69, 9.17) is 27.6 Å². The van der Waals surface area contributed by atoms with Gasteiger partial charge in [-0.3, -0.25) is 9.59 Å². The van der Waals surface area contributed by atoms with Crippen LogP contribution in [0.15, 0.2) is 59.1 Å². The van der Waals surface area contributed by atoms with Crippen LogP contribution < -0.4 is 10.6 Å². The number of pyridine rings is 1. The van der Waals surface area contributed by atoms with Crippen molar-refractivity contribution < 1.29 is 14.0 Å². The van der Waals surface area contributed by atoms with E-state index in [2.05, 4.69) is 15.6 Å². The second kappa shape index (κ2) is 9.02. The Morgan fingerprint density at radius 3 is 2.41 bits per heavy atom. The predicted octanol–water partition coefficient (Wildman–Crippen LogP) is 6.18. The molecule has 6 nitrogen and oxygen atoms in total. The van der Waals surface area contributed by atoms with E-state index >= 15 is 0 Å². The number of nitrogens with one attached hydrogen (secondary N) is 2. The normalized spacial score (nSPS) is 10.9. The number of hydrogen-bond donors (Lipinski definition) is 2. The molecule has 2 N–H and O–H groups in total. The number of aromatic nitrogens is 1. The van der Waals surface area contributed by atoms with Crippen LogP contribution in [0.5, 0.6) is 0 Å². The fraction of sp³-hybridized carbons (Fsp3) is 0.125. The minimum absolute atomic E-state index is 0.0998. The molecule has 8 heteroatoms. The number of aryl methyl sites for hydroxylation is 2. The molecule has 0 saturated carbocycles. The minimum Gasteiger partial charge on any atom is -0.459 e. The Balaban J connectivity index is 1.61. The standard InChI is InChI=1S/C24H19Cl2N3O3/c1-13-6-5-11-27-23(13)29-20(30)12-16-14(2)32-22-15(16)7-3-10-19(22)28-24(31)21-17(25)8-4-9-18(21)26/h3-11H,12H2,1-2H3,(H,28,31)(H,27,29,30). The van der Waals surface area contributed by atoms with Crippen molar-refractivity contribution in [3.8, 4) is 0 Å². The Labute approximate surface area is 194 Å². The molecular formula is C24H19Cl2N3O3. The lowest BCUT2D eigenvalue weighted by molar-refractivity contribution is -0.115. The topological polar surface area (TPSA) is 84.2 Å². The number of para-hydroxylation sites is 1. The smallest absolute Gasteiger partial charge is 0.258 e. The molecule has 0 unspecified atom stereocenters. The van der Waals surface area contributed by atoms with Crippen molar-refractivity contribution >= 4 is 57.5 Å². The van der Waals surface area contributed by atoms with E-state index in [1.165, 1.54) is 0 Å². The number of hydrogen-bond acceptors (Lipinski definition) is 4. The molecule has 32 heavy (non-hydrogen) atoms. The van der Waals surface area contributed by atoms with Gasteiger partial charge in [0.2, 0.25) is 5.91 Å². The second-order valence-electron chi connectivity index (χ2n) is 7.26. The summed E-state index contributed by atoms with van der Waals surface area (Å²) in [6.45, 7) is 3.66. The number of carbonyl (C=O) groups is 2. The summed E-state index contributed by atoms with van der Waals surface area (Å²) in [5.74, 6) is 0.444. The number of fused-ring (bicyclic) bond motifs is 1. The van der Waals surface area contributed by atoms with Crippen molar-refractivity contribution in [2.75, 3.05) is 10.6 Å². The van der Waals surface area contributed by atoms with Crippen molar-refractivity contribution in [2.24, 2.45) is 0 Å². The maximum absolute atomic E-state index is 12.8. The van der Waals surface area contributed by atoms with E-state index in [9.17, 15) is 9.59 Å². The van der Waals surface area contributed by atoms with Crippen molar-refractivity contribution in [2.45, 2.75) is 20.3 Å². The first-order chi connectivity index (χ1) is 15.3. The number of halogens is 2. The molecule has 2 aromatic carbocycles. The SMILES string of the molecule is Cc1cccnc1NC(=O)Cc1c(C)oc2c(NC(=O)c3c(Cl)cccc3Cl)cccc12. The molecule has 4 aromatic rings.